The van der Waals surface area contributed by atoms with Crippen molar-refractivity contribution in [1.29, 1.82) is 0 Å². The normalized spacial score (nSPS) is 16.2. The molecule has 1 atom stereocenters. The molecule has 1 aromatic carbocycles. The van der Waals surface area contributed by atoms with Gasteiger partial charge in [0.15, 0.2) is 0 Å². The minimum absolute atomic E-state index is 0.0705. The van der Waals surface area contributed by atoms with Gasteiger partial charge in [0.05, 0.1) is 0 Å². The smallest absolute Gasteiger partial charge is 0.303 e. The molecule has 0 saturated carbocycles. The number of hydrogen-bond donors (Lipinski definition) is 2. The Bertz CT molecular complexity index is 642. The zero-order valence-electron chi connectivity index (χ0n) is 14.8. The predicted octanol–water partition coefficient (Wildman–Crippen LogP) is 0.953. The summed E-state index contributed by atoms with van der Waals surface area (Å²) in [6, 6.07) is 4.25. The third-order valence-electron chi connectivity index (χ3n) is 4.41. The molecule has 0 radical (unpaired) electrons. The molecule has 0 aromatic heterocycles. The highest BCUT2D eigenvalue weighted by Crippen LogP contribution is 2.10. The van der Waals surface area contributed by atoms with E-state index in [1.807, 2.05) is 7.05 Å². The van der Waals surface area contributed by atoms with E-state index in [0.29, 0.717) is 13.1 Å². The molecular weight excluding hydrogens is 341 g/mol. The number of piperazine rings is 1. The molecule has 2 N–H and O–H groups in total. The van der Waals surface area contributed by atoms with Crippen LogP contribution in [0, 0.1) is 5.82 Å². The van der Waals surface area contributed by atoms with Crippen LogP contribution in [0.5, 0.6) is 0 Å². The van der Waals surface area contributed by atoms with Gasteiger partial charge >= 0.3 is 5.97 Å². The Morgan fingerprint density at radius 1 is 1.15 bits per heavy atom. The maximum atomic E-state index is 13.0. The van der Waals surface area contributed by atoms with E-state index in [2.05, 4.69) is 10.2 Å². The van der Waals surface area contributed by atoms with Crippen LogP contribution in [0.25, 0.3) is 0 Å². The van der Waals surface area contributed by atoms with Crippen LogP contribution in [-0.4, -0.2) is 72.0 Å². The number of carboxylic acids is 1. The molecule has 7 nitrogen and oxygen atoms in total. The Morgan fingerprint density at radius 3 is 2.35 bits per heavy atom. The Morgan fingerprint density at radius 2 is 1.77 bits per heavy atom. The van der Waals surface area contributed by atoms with Crippen LogP contribution in [0.4, 0.5) is 4.39 Å². The molecule has 1 aliphatic heterocycles. The van der Waals surface area contributed by atoms with E-state index >= 15 is 0 Å². The van der Waals surface area contributed by atoms with Crippen molar-refractivity contribution in [2.24, 2.45) is 0 Å². The van der Waals surface area contributed by atoms with Crippen molar-refractivity contribution in [3.8, 4) is 0 Å². The molecule has 1 heterocycles. The number of halogens is 1. The fourth-order valence-electron chi connectivity index (χ4n) is 2.80. The topological polar surface area (TPSA) is 90.0 Å². The minimum atomic E-state index is -0.944. The Hall–Kier alpha value is -2.48. The average molecular weight is 365 g/mol. The van der Waals surface area contributed by atoms with E-state index in [4.69, 9.17) is 5.11 Å². The molecule has 2 amide bonds. The van der Waals surface area contributed by atoms with Crippen molar-refractivity contribution in [2.45, 2.75) is 25.3 Å². The number of benzene rings is 1. The third kappa shape index (κ3) is 5.80. The van der Waals surface area contributed by atoms with E-state index < -0.39 is 23.7 Å². The van der Waals surface area contributed by atoms with Gasteiger partial charge in [0, 0.05) is 38.2 Å². The second kappa shape index (κ2) is 9.28. The first-order chi connectivity index (χ1) is 12.4. The lowest BCUT2D eigenvalue weighted by molar-refractivity contribution is -0.138. The van der Waals surface area contributed by atoms with Crippen molar-refractivity contribution < 1.29 is 23.9 Å². The van der Waals surface area contributed by atoms with Gasteiger partial charge in [0.2, 0.25) is 5.91 Å². The number of nitrogens with zero attached hydrogens (tertiary/aromatic N) is 2. The first kappa shape index (κ1) is 19.8. The molecule has 1 unspecified atom stereocenters. The van der Waals surface area contributed by atoms with E-state index in [1.165, 1.54) is 24.3 Å². The maximum absolute atomic E-state index is 13.0. The number of likely N-dealkylation sites (N-methyl/N-ethyl adjacent to an activating group) is 1. The highest BCUT2D eigenvalue weighted by molar-refractivity contribution is 5.97. The average Bonchev–Trinajstić information content (AvgIpc) is 2.61. The standard InChI is InChI=1S/C18H24FN3O4/c1-21-9-11-22(12-10-21)18(26)15(3-2-4-16(23)24)20-17(25)13-5-7-14(19)8-6-13/h5-8,15H,2-4,9-12H2,1H3,(H,20,25)(H,23,24). The highest BCUT2D eigenvalue weighted by atomic mass is 19.1. The molecule has 1 aromatic rings. The first-order valence-electron chi connectivity index (χ1n) is 8.62. The minimum Gasteiger partial charge on any atom is -0.481 e. The lowest BCUT2D eigenvalue weighted by Gasteiger charge is -2.34. The van der Waals surface area contributed by atoms with Crippen LogP contribution in [0.2, 0.25) is 0 Å². The van der Waals surface area contributed by atoms with Crippen LogP contribution in [0.15, 0.2) is 24.3 Å². The zero-order chi connectivity index (χ0) is 19.1. The van der Waals surface area contributed by atoms with Gasteiger partial charge in [-0.05, 0) is 44.2 Å². The summed E-state index contributed by atoms with van der Waals surface area (Å²) >= 11 is 0. The van der Waals surface area contributed by atoms with Gasteiger partial charge < -0.3 is 20.2 Å². The number of aliphatic carboxylic acids is 1. The Kier molecular flexibility index (Phi) is 7.08. The number of nitrogens with one attached hydrogen (secondary N) is 1. The second-order valence-electron chi connectivity index (χ2n) is 6.45. The number of carbonyl (C=O) groups excluding carboxylic acids is 2. The van der Waals surface area contributed by atoms with Crippen LogP contribution >= 0.6 is 0 Å². The number of amides is 2. The number of hydrogen-bond acceptors (Lipinski definition) is 4. The Labute approximate surface area is 151 Å². The van der Waals surface area contributed by atoms with Crippen LogP contribution in [0.1, 0.15) is 29.6 Å². The van der Waals surface area contributed by atoms with Gasteiger partial charge in [-0.15, -0.1) is 0 Å². The molecule has 0 aliphatic carbocycles. The first-order valence-corrected chi connectivity index (χ1v) is 8.62. The zero-order valence-corrected chi connectivity index (χ0v) is 14.8. The lowest BCUT2D eigenvalue weighted by atomic mass is 10.1. The SMILES string of the molecule is CN1CCN(C(=O)C(CCCC(=O)O)NC(=O)c2ccc(F)cc2)CC1. The summed E-state index contributed by atoms with van der Waals surface area (Å²) in [5, 5.41) is 11.5. The van der Waals surface area contributed by atoms with Gasteiger partial charge in [-0.25, -0.2) is 4.39 Å². The van der Waals surface area contributed by atoms with Crippen molar-refractivity contribution in [3.63, 3.8) is 0 Å². The number of rotatable bonds is 7. The summed E-state index contributed by atoms with van der Waals surface area (Å²) in [5.74, 6) is -2.08. The van der Waals surface area contributed by atoms with Crippen molar-refractivity contribution in [1.82, 2.24) is 15.1 Å². The second-order valence-corrected chi connectivity index (χ2v) is 6.45. The number of carbonyl (C=O) groups is 3. The fourth-order valence-corrected chi connectivity index (χ4v) is 2.80. The van der Waals surface area contributed by atoms with Crippen molar-refractivity contribution in [3.05, 3.63) is 35.6 Å². The predicted molar refractivity (Wildman–Crippen MR) is 93.2 cm³/mol. The van der Waals surface area contributed by atoms with E-state index in [1.54, 1.807) is 4.90 Å². The summed E-state index contributed by atoms with van der Waals surface area (Å²) in [4.78, 5) is 39.7. The quantitative estimate of drug-likeness (QED) is 0.751. The van der Waals surface area contributed by atoms with E-state index in [0.717, 1.165) is 13.1 Å². The molecule has 0 spiro atoms. The maximum Gasteiger partial charge on any atom is 0.303 e. The molecule has 1 saturated heterocycles. The summed E-state index contributed by atoms with van der Waals surface area (Å²) in [6.45, 7) is 2.63. The van der Waals surface area contributed by atoms with Gasteiger partial charge in [-0.1, -0.05) is 0 Å². The van der Waals surface area contributed by atoms with E-state index in [-0.39, 0.29) is 30.7 Å². The van der Waals surface area contributed by atoms with Gasteiger partial charge in [0.25, 0.3) is 5.91 Å². The molecule has 1 aliphatic rings. The third-order valence-corrected chi connectivity index (χ3v) is 4.41. The molecular formula is C18H24FN3O4. The van der Waals surface area contributed by atoms with Gasteiger partial charge in [-0.2, -0.15) is 0 Å². The highest BCUT2D eigenvalue weighted by Gasteiger charge is 2.28. The van der Waals surface area contributed by atoms with Gasteiger partial charge in [-0.3, -0.25) is 14.4 Å². The summed E-state index contributed by atoms with van der Waals surface area (Å²) < 4.78 is 13.0. The molecule has 26 heavy (non-hydrogen) atoms. The monoisotopic (exact) mass is 365 g/mol. The van der Waals surface area contributed by atoms with Crippen molar-refractivity contribution in [2.75, 3.05) is 33.2 Å². The lowest BCUT2D eigenvalue weighted by Crippen LogP contribution is -2.54. The number of carboxylic acid groups (broad SMARTS) is 1. The molecule has 2 rings (SSSR count). The van der Waals surface area contributed by atoms with Crippen LogP contribution < -0.4 is 5.32 Å². The summed E-state index contributed by atoms with van der Waals surface area (Å²) in [7, 11) is 1.97. The van der Waals surface area contributed by atoms with E-state index in [9.17, 15) is 18.8 Å². The largest absolute Gasteiger partial charge is 0.481 e. The van der Waals surface area contributed by atoms with Crippen LogP contribution in [0.3, 0.4) is 0 Å². The van der Waals surface area contributed by atoms with Crippen LogP contribution in [-0.2, 0) is 9.59 Å². The summed E-state index contributed by atoms with van der Waals surface area (Å²) in [5.41, 5.74) is 0.251. The Balaban J connectivity index is 2.04. The fraction of sp³-hybridized carbons (Fsp3) is 0.500. The van der Waals surface area contributed by atoms with Gasteiger partial charge in [0.1, 0.15) is 11.9 Å². The molecule has 1 fully saturated rings. The van der Waals surface area contributed by atoms with Crippen molar-refractivity contribution >= 4 is 17.8 Å². The summed E-state index contributed by atoms with van der Waals surface area (Å²) in [6.07, 6.45) is 0.451. The molecule has 0 bridgehead atoms. The molecule has 8 heteroatoms. The molecule has 142 valence electrons.